The first kappa shape index (κ1) is 21.3. The standard InChI is InChI=1S/C23H25ClN2O5/c1-29-19-7-6-16(14-18(19)26-8-3-2-5-22(26)28)25-21(27)13-15-11-17(24)23-20(12-15)30-9-4-10-31-23/h6-7,11-12,14H,2-5,8-10,13H2,1H3,(H,25,27). The molecular formula is C23H25ClN2O5. The maximum absolute atomic E-state index is 12.7. The summed E-state index contributed by atoms with van der Waals surface area (Å²) in [6, 6.07) is 8.81. The third-order valence-corrected chi connectivity index (χ3v) is 5.58. The third-order valence-electron chi connectivity index (χ3n) is 5.30. The second kappa shape index (κ2) is 9.47. The smallest absolute Gasteiger partial charge is 0.228 e. The lowest BCUT2D eigenvalue weighted by molar-refractivity contribution is -0.119. The van der Waals surface area contributed by atoms with Gasteiger partial charge in [-0.25, -0.2) is 0 Å². The molecule has 1 N–H and O–H groups in total. The summed E-state index contributed by atoms with van der Waals surface area (Å²) in [5.41, 5.74) is 2.00. The van der Waals surface area contributed by atoms with Crippen LogP contribution in [-0.2, 0) is 16.0 Å². The van der Waals surface area contributed by atoms with Gasteiger partial charge in [0.2, 0.25) is 11.8 Å². The molecule has 164 valence electrons. The first-order valence-electron chi connectivity index (χ1n) is 10.4. The molecule has 0 aromatic heterocycles. The second-order valence-electron chi connectivity index (χ2n) is 7.57. The van der Waals surface area contributed by atoms with E-state index < -0.39 is 0 Å². The van der Waals surface area contributed by atoms with E-state index in [0.717, 1.165) is 24.8 Å². The van der Waals surface area contributed by atoms with Crippen LogP contribution in [0, 0.1) is 0 Å². The van der Waals surface area contributed by atoms with Crippen molar-refractivity contribution in [3.8, 4) is 17.2 Å². The Balaban J connectivity index is 1.50. The van der Waals surface area contributed by atoms with Gasteiger partial charge >= 0.3 is 0 Å². The number of piperidine rings is 1. The highest BCUT2D eigenvalue weighted by molar-refractivity contribution is 6.32. The molecule has 4 rings (SSSR count). The number of carbonyl (C=O) groups excluding carboxylic acids is 2. The molecule has 0 unspecified atom stereocenters. The Morgan fingerprint density at radius 3 is 2.81 bits per heavy atom. The molecule has 2 aromatic carbocycles. The first-order valence-corrected chi connectivity index (χ1v) is 10.8. The minimum Gasteiger partial charge on any atom is -0.495 e. The van der Waals surface area contributed by atoms with Gasteiger partial charge in [0.1, 0.15) is 5.75 Å². The number of halogens is 1. The number of amides is 2. The molecular weight excluding hydrogens is 420 g/mol. The van der Waals surface area contributed by atoms with E-state index in [9.17, 15) is 9.59 Å². The van der Waals surface area contributed by atoms with Crippen molar-refractivity contribution in [2.45, 2.75) is 32.1 Å². The molecule has 1 saturated heterocycles. The number of carbonyl (C=O) groups is 2. The van der Waals surface area contributed by atoms with Gasteiger partial charge < -0.3 is 24.4 Å². The van der Waals surface area contributed by atoms with Crippen LogP contribution >= 0.6 is 11.6 Å². The molecule has 2 aliphatic rings. The number of nitrogens with one attached hydrogen (secondary N) is 1. The summed E-state index contributed by atoms with van der Waals surface area (Å²) >= 11 is 6.33. The molecule has 31 heavy (non-hydrogen) atoms. The van der Waals surface area contributed by atoms with Gasteiger partial charge in [-0.2, -0.15) is 0 Å². The largest absolute Gasteiger partial charge is 0.495 e. The quantitative estimate of drug-likeness (QED) is 0.747. The van der Waals surface area contributed by atoms with E-state index in [-0.39, 0.29) is 18.2 Å². The fraction of sp³-hybridized carbons (Fsp3) is 0.391. The van der Waals surface area contributed by atoms with Crippen molar-refractivity contribution < 1.29 is 23.8 Å². The van der Waals surface area contributed by atoms with Crippen LogP contribution < -0.4 is 24.4 Å². The van der Waals surface area contributed by atoms with E-state index in [1.807, 2.05) is 0 Å². The predicted octanol–water partition coefficient (Wildman–Crippen LogP) is 4.21. The van der Waals surface area contributed by atoms with Gasteiger partial charge in [0, 0.05) is 25.1 Å². The van der Waals surface area contributed by atoms with Gasteiger partial charge in [-0.05, 0) is 48.7 Å². The fourth-order valence-electron chi connectivity index (χ4n) is 3.82. The van der Waals surface area contributed by atoms with Crippen LogP contribution in [-0.4, -0.2) is 38.7 Å². The third kappa shape index (κ3) is 4.88. The Labute approximate surface area is 186 Å². The van der Waals surface area contributed by atoms with E-state index in [1.54, 1.807) is 42.3 Å². The van der Waals surface area contributed by atoms with E-state index in [1.165, 1.54) is 0 Å². The van der Waals surface area contributed by atoms with Gasteiger partial charge in [0.15, 0.2) is 11.5 Å². The van der Waals surface area contributed by atoms with Crippen LogP contribution in [0.2, 0.25) is 5.02 Å². The lowest BCUT2D eigenvalue weighted by Gasteiger charge is -2.28. The van der Waals surface area contributed by atoms with Crippen LogP contribution in [0.1, 0.15) is 31.2 Å². The van der Waals surface area contributed by atoms with Crippen molar-refractivity contribution in [2.24, 2.45) is 0 Å². The topological polar surface area (TPSA) is 77.1 Å². The zero-order chi connectivity index (χ0) is 21.8. The molecule has 7 nitrogen and oxygen atoms in total. The van der Waals surface area contributed by atoms with Crippen LogP contribution in [0.3, 0.4) is 0 Å². The van der Waals surface area contributed by atoms with Crippen LogP contribution in [0.15, 0.2) is 30.3 Å². The molecule has 0 spiro atoms. The SMILES string of the molecule is COc1ccc(NC(=O)Cc2cc(Cl)c3c(c2)OCCCO3)cc1N1CCCCC1=O. The summed E-state index contributed by atoms with van der Waals surface area (Å²) in [5, 5.41) is 3.33. The Morgan fingerprint density at radius 2 is 2.00 bits per heavy atom. The van der Waals surface area contributed by atoms with Gasteiger partial charge in [0.05, 0.1) is 37.5 Å². The maximum Gasteiger partial charge on any atom is 0.228 e. The summed E-state index contributed by atoms with van der Waals surface area (Å²) in [5.74, 6) is 1.54. The molecule has 2 aromatic rings. The zero-order valence-corrected chi connectivity index (χ0v) is 18.2. The maximum atomic E-state index is 12.7. The van der Waals surface area contributed by atoms with Crippen LogP contribution in [0.25, 0.3) is 0 Å². The predicted molar refractivity (Wildman–Crippen MR) is 119 cm³/mol. The molecule has 8 heteroatoms. The summed E-state index contributed by atoms with van der Waals surface area (Å²) in [6.07, 6.45) is 3.26. The Bertz CT molecular complexity index is 994. The van der Waals surface area contributed by atoms with E-state index in [0.29, 0.717) is 59.8 Å². The summed E-state index contributed by atoms with van der Waals surface area (Å²) in [6.45, 7) is 1.73. The number of ether oxygens (including phenoxy) is 3. The number of nitrogens with zero attached hydrogens (tertiary/aromatic N) is 1. The van der Waals surface area contributed by atoms with Crippen molar-refractivity contribution in [1.29, 1.82) is 0 Å². The second-order valence-corrected chi connectivity index (χ2v) is 7.98. The van der Waals surface area contributed by atoms with Gasteiger partial charge in [-0.3, -0.25) is 9.59 Å². The van der Waals surface area contributed by atoms with Crippen molar-refractivity contribution in [3.05, 3.63) is 40.9 Å². The number of anilines is 2. The van der Waals surface area contributed by atoms with Gasteiger partial charge in [-0.15, -0.1) is 0 Å². The highest BCUT2D eigenvalue weighted by Crippen LogP contribution is 2.38. The molecule has 0 aliphatic carbocycles. The number of hydrogen-bond acceptors (Lipinski definition) is 5. The molecule has 0 atom stereocenters. The molecule has 0 radical (unpaired) electrons. The zero-order valence-electron chi connectivity index (χ0n) is 17.4. The summed E-state index contributed by atoms with van der Waals surface area (Å²) < 4.78 is 16.8. The molecule has 0 bridgehead atoms. The van der Waals surface area contributed by atoms with Crippen molar-refractivity contribution >= 4 is 34.8 Å². The van der Waals surface area contributed by atoms with Gasteiger partial charge in [0.25, 0.3) is 0 Å². The van der Waals surface area contributed by atoms with Crippen molar-refractivity contribution in [1.82, 2.24) is 0 Å². The van der Waals surface area contributed by atoms with E-state index in [4.69, 9.17) is 25.8 Å². The van der Waals surface area contributed by atoms with E-state index in [2.05, 4.69) is 5.32 Å². The lowest BCUT2D eigenvalue weighted by Crippen LogP contribution is -2.35. The minimum absolute atomic E-state index is 0.0647. The molecule has 1 fully saturated rings. The Morgan fingerprint density at radius 1 is 1.16 bits per heavy atom. The van der Waals surface area contributed by atoms with Crippen LogP contribution in [0.5, 0.6) is 17.2 Å². The average molecular weight is 445 g/mol. The van der Waals surface area contributed by atoms with Crippen molar-refractivity contribution in [3.63, 3.8) is 0 Å². The number of benzene rings is 2. The monoisotopic (exact) mass is 444 g/mol. The van der Waals surface area contributed by atoms with E-state index >= 15 is 0 Å². The molecule has 2 heterocycles. The average Bonchev–Trinajstić information content (AvgIpc) is 3.00. The Hall–Kier alpha value is -2.93. The van der Waals surface area contributed by atoms with Gasteiger partial charge in [-0.1, -0.05) is 11.6 Å². The number of hydrogen-bond donors (Lipinski definition) is 1. The minimum atomic E-state index is -0.202. The fourth-order valence-corrected chi connectivity index (χ4v) is 4.10. The summed E-state index contributed by atoms with van der Waals surface area (Å²) in [4.78, 5) is 26.8. The first-order chi connectivity index (χ1) is 15.0. The molecule has 2 amide bonds. The molecule has 2 aliphatic heterocycles. The molecule has 0 saturated carbocycles. The summed E-state index contributed by atoms with van der Waals surface area (Å²) in [7, 11) is 1.57. The highest BCUT2D eigenvalue weighted by atomic mass is 35.5. The van der Waals surface area contributed by atoms with Crippen molar-refractivity contribution in [2.75, 3.05) is 37.1 Å². The van der Waals surface area contributed by atoms with Crippen LogP contribution in [0.4, 0.5) is 11.4 Å². The normalized spacial score (nSPS) is 15.9. The lowest BCUT2D eigenvalue weighted by atomic mass is 10.1. The Kier molecular flexibility index (Phi) is 6.51. The number of methoxy groups -OCH3 is 1. The highest BCUT2D eigenvalue weighted by Gasteiger charge is 2.23. The number of rotatable bonds is 5. The number of fused-ring (bicyclic) bond motifs is 1.